The molecule has 0 unspecified atom stereocenters. The van der Waals surface area contributed by atoms with E-state index < -0.39 is 0 Å². The molecular weight excluding hydrogens is 481 g/mol. The summed E-state index contributed by atoms with van der Waals surface area (Å²) >= 11 is 0. The Bertz CT molecular complexity index is 771. The predicted molar refractivity (Wildman–Crippen MR) is 124 cm³/mol. The molecule has 29 heavy (non-hydrogen) atoms. The maximum Gasteiger partial charge on any atom is 0.194 e. The van der Waals surface area contributed by atoms with Crippen molar-refractivity contribution in [1.29, 1.82) is 0 Å². The first-order valence-electron chi connectivity index (χ1n) is 10.1. The molecule has 1 N–H and O–H groups in total. The zero-order valence-corrected chi connectivity index (χ0v) is 19.2. The van der Waals surface area contributed by atoms with E-state index in [0.717, 1.165) is 50.1 Å². The second-order valence-electron chi connectivity index (χ2n) is 7.43. The van der Waals surface area contributed by atoms with Crippen LogP contribution in [0.15, 0.2) is 46.1 Å². The maximum atomic E-state index is 6.14. The summed E-state index contributed by atoms with van der Waals surface area (Å²) in [5.74, 6) is 1.94. The van der Waals surface area contributed by atoms with E-state index in [-0.39, 0.29) is 24.0 Å². The predicted octanol–water partition coefficient (Wildman–Crippen LogP) is 3.12. The molecule has 7 nitrogen and oxygen atoms in total. The summed E-state index contributed by atoms with van der Waals surface area (Å²) in [5, 5.41) is 7.52. The minimum atomic E-state index is 0. The summed E-state index contributed by atoms with van der Waals surface area (Å²) in [6.07, 6.45) is 5.63. The first-order valence-corrected chi connectivity index (χ1v) is 10.1. The zero-order valence-electron chi connectivity index (χ0n) is 16.9. The second kappa shape index (κ2) is 10.8. The number of para-hydroxylation sites is 1. The second-order valence-corrected chi connectivity index (χ2v) is 7.43. The Morgan fingerprint density at radius 3 is 2.66 bits per heavy atom. The third kappa shape index (κ3) is 5.85. The molecule has 0 atom stereocenters. The van der Waals surface area contributed by atoms with Crippen LogP contribution in [0.3, 0.4) is 0 Å². The lowest BCUT2D eigenvalue weighted by Gasteiger charge is -2.36. The van der Waals surface area contributed by atoms with Crippen LogP contribution in [-0.4, -0.2) is 60.2 Å². The molecule has 158 valence electrons. The van der Waals surface area contributed by atoms with Crippen molar-refractivity contribution >= 4 is 29.9 Å². The zero-order chi connectivity index (χ0) is 19.2. The van der Waals surface area contributed by atoms with E-state index in [1.54, 1.807) is 6.26 Å². The molecule has 0 amide bonds. The van der Waals surface area contributed by atoms with Crippen molar-refractivity contribution in [3.05, 3.63) is 47.9 Å². The number of benzene rings is 1. The molecule has 1 saturated carbocycles. The number of halogens is 1. The van der Waals surface area contributed by atoms with Crippen molar-refractivity contribution in [3.63, 3.8) is 0 Å². The molecular formula is C21H30IN5O2. The summed E-state index contributed by atoms with van der Waals surface area (Å²) in [4.78, 5) is 9.20. The topological polar surface area (TPSA) is 66.1 Å². The average Bonchev–Trinajstić information content (AvgIpc) is 3.20. The third-order valence-corrected chi connectivity index (χ3v) is 5.52. The number of guanidine groups is 1. The Labute approximate surface area is 189 Å². The van der Waals surface area contributed by atoms with Gasteiger partial charge in [-0.05, 0) is 25.3 Å². The fourth-order valence-corrected chi connectivity index (χ4v) is 3.61. The van der Waals surface area contributed by atoms with E-state index in [4.69, 9.17) is 9.26 Å². The summed E-state index contributed by atoms with van der Waals surface area (Å²) in [6, 6.07) is 10.2. The van der Waals surface area contributed by atoms with Crippen molar-refractivity contribution in [3.8, 4) is 5.75 Å². The van der Waals surface area contributed by atoms with Gasteiger partial charge in [0.05, 0.1) is 11.8 Å². The van der Waals surface area contributed by atoms with Crippen LogP contribution in [0.4, 0.5) is 0 Å². The molecule has 1 aliphatic heterocycles. The summed E-state index contributed by atoms with van der Waals surface area (Å²) in [5.41, 5.74) is 2.17. The quantitative estimate of drug-likeness (QED) is 0.366. The van der Waals surface area contributed by atoms with Crippen LogP contribution in [0.25, 0.3) is 0 Å². The molecule has 2 fully saturated rings. The number of aliphatic imine (C=N–C) groups is 1. The van der Waals surface area contributed by atoms with Gasteiger partial charge < -0.3 is 19.5 Å². The average molecular weight is 511 g/mol. The van der Waals surface area contributed by atoms with E-state index in [0.29, 0.717) is 12.6 Å². The molecule has 8 heteroatoms. The molecule has 1 aliphatic carbocycles. The molecule has 0 bridgehead atoms. The first-order chi connectivity index (χ1) is 13.8. The fraction of sp³-hybridized carbons (Fsp3) is 0.524. The SMILES string of the molecule is CN=C(NCc1ccccc1OC1CCC1)N1CCN(Cc2ccon2)CC1.I. The number of nitrogens with zero attached hydrogens (tertiary/aromatic N) is 4. The molecule has 2 aliphatic rings. The third-order valence-electron chi connectivity index (χ3n) is 5.52. The van der Waals surface area contributed by atoms with Crippen LogP contribution >= 0.6 is 24.0 Å². The Kier molecular flexibility index (Phi) is 8.17. The van der Waals surface area contributed by atoms with Gasteiger partial charge in [-0.2, -0.15) is 0 Å². The van der Waals surface area contributed by atoms with Crippen molar-refractivity contribution < 1.29 is 9.26 Å². The Morgan fingerprint density at radius 2 is 2.00 bits per heavy atom. The molecule has 0 radical (unpaired) electrons. The molecule has 1 aromatic carbocycles. The normalized spacial score (nSPS) is 18.1. The molecule has 4 rings (SSSR count). The molecule has 2 heterocycles. The van der Waals surface area contributed by atoms with Crippen LogP contribution in [-0.2, 0) is 13.1 Å². The monoisotopic (exact) mass is 511 g/mol. The van der Waals surface area contributed by atoms with Gasteiger partial charge >= 0.3 is 0 Å². The van der Waals surface area contributed by atoms with Gasteiger partial charge in [-0.3, -0.25) is 9.89 Å². The van der Waals surface area contributed by atoms with Gasteiger partial charge in [0.2, 0.25) is 0 Å². The Hall–Kier alpha value is -1.81. The van der Waals surface area contributed by atoms with Crippen molar-refractivity contribution in [1.82, 2.24) is 20.3 Å². The van der Waals surface area contributed by atoms with Gasteiger partial charge in [-0.1, -0.05) is 23.4 Å². The number of aromatic nitrogens is 1. The van der Waals surface area contributed by atoms with E-state index >= 15 is 0 Å². The number of rotatable bonds is 6. The van der Waals surface area contributed by atoms with Crippen molar-refractivity contribution in [2.75, 3.05) is 33.2 Å². The van der Waals surface area contributed by atoms with E-state index in [2.05, 4.69) is 43.5 Å². The number of hydrogen-bond donors (Lipinski definition) is 1. The van der Waals surface area contributed by atoms with Gasteiger partial charge in [0.1, 0.15) is 12.0 Å². The Morgan fingerprint density at radius 1 is 1.21 bits per heavy atom. The number of piperazine rings is 1. The van der Waals surface area contributed by atoms with Gasteiger partial charge in [-0.25, -0.2) is 0 Å². The molecule has 2 aromatic rings. The Balaban J connectivity index is 0.00000240. The van der Waals surface area contributed by atoms with Crippen LogP contribution in [0, 0.1) is 0 Å². The van der Waals surface area contributed by atoms with Crippen molar-refractivity contribution in [2.45, 2.75) is 38.5 Å². The molecule has 1 saturated heterocycles. The van der Waals surface area contributed by atoms with E-state index in [1.165, 1.54) is 24.8 Å². The van der Waals surface area contributed by atoms with Crippen molar-refractivity contribution in [2.24, 2.45) is 4.99 Å². The number of nitrogens with one attached hydrogen (secondary N) is 1. The minimum Gasteiger partial charge on any atom is -0.490 e. The smallest absolute Gasteiger partial charge is 0.194 e. The highest BCUT2D eigenvalue weighted by Gasteiger charge is 2.22. The van der Waals surface area contributed by atoms with Gasteiger partial charge in [0, 0.05) is 57.9 Å². The fourth-order valence-electron chi connectivity index (χ4n) is 3.61. The largest absolute Gasteiger partial charge is 0.490 e. The molecule has 1 aromatic heterocycles. The summed E-state index contributed by atoms with van der Waals surface area (Å²) in [6.45, 7) is 5.40. The van der Waals surface area contributed by atoms with Gasteiger partial charge in [-0.15, -0.1) is 24.0 Å². The lowest BCUT2D eigenvalue weighted by molar-refractivity contribution is 0.119. The lowest BCUT2D eigenvalue weighted by atomic mass is 9.96. The standard InChI is InChI=1S/C21H29N5O2.HI/c1-22-21(26-12-10-25(11-13-26)16-18-9-14-27-24-18)23-15-17-5-2-3-8-20(17)28-19-6-4-7-19;/h2-3,5,8-9,14,19H,4,6-7,10-13,15-16H2,1H3,(H,22,23);1H. The van der Waals surface area contributed by atoms with E-state index in [1.807, 2.05) is 19.2 Å². The van der Waals surface area contributed by atoms with Crippen LogP contribution < -0.4 is 10.1 Å². The lowest BCUT2D eigenvalue weighted by Crippen LogP contribution is -2.52. The number of ether oxygens (including phenoxy) is 1. The van der Waals surface area contributed by atoms with Gasteiger partial charge in [0.25, 0.3) is 0 Å². The van der Waals surface area contributed by atoms with Crippen LogP contribution in [0.5, 0.6) is 5.75 Å². The van der Waals surface area contributed by atoms with Crippen LogP contribution in [0.1, 0.15) is 30.5 Å². The number of hydrogen-bond acceptors (Lipinski definition) is 5. The highest BCUT2D eigenvalue weighted by atomic mass is 127. The minimum absolute atomic E-state index is 0. The highest BCUT2D eigenvalue weighted by Crippen LogP contribution is 2.27. The summed E-state index contributed by atoms with van der Waals surface area (Å²) in [7, 11) is 1.85. The van der Waals surface area contributed by atoms with Crippen LogP contribution in [0.2, 0.25) is 0 Å². The first kappa shape index (κ1) is 21.9. The molecule has 0 spiro atoms. The maximum absolute atomic E-state index is 6.14. The van der Waals surface area contributed by atoms with E-state index in [9.17, 15) is 0 Å². The highest BCUT2D eigenvalue weighted by molar-refractivity contribution is 14.0. The van der Waals surface area contributed by atoms with Gasteiger partial charge in [0.15, 0.2) is 5.96 Å². The summed E-state index contributed by atoms with van der Waals surface area (Å²) < 4.78 is 11.1.